The van der Waals surface area contributed by atoms with Gasteiger partial charge >= 0.3 is 5.69 Å². The van der Waals surface area contributed by atoms with Gasteiger partial charge in [0, 0.05) is 6.07 Å². The number of nitro groups is 1. The van der Waals surface area contributed by atoms with Crippen LogP contribution in [0.2, 0.25) is 0 Å². The topological polar surface area (TPSA) is 69.4 Å². The van der Waals surface area contributed by atoms with Crippen molar-refractivity contribution in [1.82, 2.24) is 0 Å². The molecule has 21 heavy (non-hydrogen) atoms. The molecule has 0 fully saturated rings. The highest BCUT2D eigenvalue weighted by Crippen LogP contribution is 2.22. The molecule has 0 saturated carbocycles. The lowest BCUT2D eigenvalue weighted by atomic mass is 10.1. The fourth-order valence-corrected chi connectivity index (χ4v) is 1.83. The van der Waals surface area contributed by atoms with Crippen LogP contribution in [-0.4, -0.2) is 10.7 Å². The summed E-state index contributed by atoms with van der Waals surface area (Å²) in [4.78, 5) is 21.2. The van der Waals surface area contributed by atoms with E-state index in [9.17, 15) is 19.3 Å². The molecule has 0 unspecified atom stereocenters. The maximum absolute atomic E-state index is 13.5. The molecule has 0 atom stereocenters. The lowest BCUT2D eigenvalue weighted by molar-refractivity contribution is -0.387. The largest absolute Gasteiger partial charge is 0.488 e. The number of hydrogen-bond donors (Lipinski definition) is 0. The predicted molar refractivity (Wildman–Crippen MR) is 73.8 cm³/mol. The van der Waals surface area contributed by atoms with E-state index in [0.29, 0.717) is 16.9 Å². The fraction of sp³-hybridized carbons (Fsp3) is 0.133. The van der Waals surface area contributed by atoms with Gasteiger partial charge in [-0.3, -0.25) is 14.9 Å². The SMILES string of the molecule is CC(=O)c1ccccc1OCc1ccc([N+](=O)[O-])c(F)c1. The van der Waals surface area contributed by atoms with Crippen LogP contribution in [0.5, 0.6) is 5.75 Å². The number of carbonyl (C=O) groups excluding carboxylic acids is 1. The van der Waals surface area contributed by atoms with Crippen LogP contribution in [-0.2, 0) is 6.61 Å². The third-order valence-electron chi connectivity index (χ3n) is 2.87. The molecule has 0 saturated heterocycles. The normalized spacial score (nSPS) is 10.2. The second-order valence-corrected chi connectivity index (χ2v) is 4.38. The number of nitro benzene ring substituents is 1. The lowest BCUT2D eigenvalue weighted by Crippen LogP contribution is -2.02. The Kier molecular flexibility index (Phi) is 4.27. The number of nitrogens with zero attached hydrogens (tertiary/aromatic N) is 1. The number of benzene rings is 2. The maximum atomic E-state index is 13.5. The second kappa shape index (κ2) is 6.13. The Hall–Kier alpha value is -2.76. The Morgan fingerprint density at radius 2 is 2.00 bits per heavy atom. The van der Waals surface area contributed by atoms with Crippen LogP contribution < -0.4 is 4.74 Å². The zero-order valence-corrected chi connectivity index (χ0v) is 11.2. The van der Waals surface area contributed by atoms with Gasteiger partial charge in [0.15, 0.2) is 5.78 Å². The molecule has 0 aliphatic rings. The van der Waals surface area contributed by atoms with Crippen LogP contribution in [0.15, 0.2) is 42.5 Å². The van der Waals surface area contributed by atoms with Crippen LogP contribution in [0.3, 0.4) is 0 Å². The molecule has 108 valence electrons. The first-order valence-corrected chi connectivity index (χ1v) is 6.14. The van der Waals surface area contributed by atoms with Gasteiger partial charge in [0.05, 0.1) is 10.5 Å². The number of para-hydroxylation sites is 1. The minimum absolute atomic E-state index is 0.0131. The average Bonchev–Trinajstić information content (AvgIpc) is 2.45. The molecule has 0 radical (unpaired) electrons. The van der Waals surface area contributed by atoms with Crippen LogP contribution in [0.25, 0.3) is 0 Å². The highest BCUT2D eigenvalue weighted by Gasteiger charge is 2.14. The van der Waals surface area contributed by atoms with E-state index < -0.39 is 16.4 Å². The molecule has 5 nitrogen and oxygen atoms in total. The minimum Gasteiger partial charge on any atom is -0.488 e. The number of rotatable bonds is 5. The molecule has 0 aromatic heterocycles. The van der Waals surface area contributed by atoms with E-state index in [-0.39, 0.29) is 12.4 Å². The van der Waals surface area contributed by atoms with E-state index in [1.807, 2.05) is 0 Å². The van der Waals surface area contributed by atoms with Gasteiger partial charge in [-0.15, -0.1) is 0 Å². The van der Waals surface area contributed by atoms with Crippen LogP contribution in [0.1, 0.15) is 22.8 Å². The molecule has 0 bridgehead atoms. The van der Waals surface area contributed by atoms with Crippen LogP contribution in [0.4, 0.5) is 10.1 Å². The van der Waals surface area contributed by atoms with E-state index in [1.54, 1.807) is 24.3 Å². The Balaban J connectivity index is 2.16. The Bertz CT molecular complexity index is 700. The summed E-state index contributed by atoms with van der Waals surface area (Å²) >= 11 is 0. The Morgan fingerprint density at radius 3 is 2.62 bits per heavy atom. The summed E-state index contributed by atoms with van der Waals surface area (Å²) in [6.07, 6.45) is 0. The summed E-state index contributed by atoms with van der Waals surface area (Å²) in [5.41, 5.74) is 0.291. The summed E-state index contributed by atoms with van der Waals surface area (Å²) in [5.74, 6) is -0.662. The molecule has 0 aliphatic carbocycles. The van der Waals surface area contributed by atoms with Crippen LogP contribution >= 0.6 is 0 Å². The highest BCUT2D eigenvalue weighted by atomic mass is 19.1. The van der Waals surface area contributed by atoms with Crippen molar-refractivity contribution < 1.29 is 18.8 Å². The van der Waals surface area contributed by atoms with E-state index >= 15 is 0 Å². The molecule has 6 heteroatoms. The maximum Gasteiger partial charge on any atom is 0.304 e. The molecule has 0 N–H and O–H groups in total. The van der Waals surface area contributed by atoms with Crippen molar-refractivity contribution >= 4 is 11.5 Å². The summed E-state index contributed by atoms with van der Waals surface area (Å²) in [7, 11) is 0. The van der Waals surface area contributed by atoms with Gasteiger partial charge in [0.2, 0.25) is 5.82 Å². The number of hydrogen-bond acceptors (Lipinski definition) is 4. The number of halogens is 1. The highest BCUT2D eigenvalue weighted by molar-refractivity contribution is 5.96. The number of carbonyl (C=O) groups is 1. The first-order valence-electron chi connectivity index (χ1n) is 6.14. The van der Waals surface area contributed by atoms with Gasteiger partial charge in [-0.05, 0) is 36.8 Å². The van der Waals surface area contributed by atoms with E-state index in [4.69, 9.17) is 4.74 Å². The second-order valence-electron chi connectivity index (χ2n) is 4.38. The van der Waals surface area contributed by atoms with E-state index in [1.165, 1.54) is 13.0 Å². The van der Waals surface area contributed by atoms with Gasteiger partial charge < -0.3 is 4.74 Å². The lowest BCUT2D eigenvalue weighted by Gasteiger charge is -2.09. The molecule has 2 rings (SSSR count). The molecular formula is C15H12FNO4. The summed E-state index contributed by atoms with van der Waals surface area (Å²) in [6.45, 7) is 1.44. The zero-order chi connectivity index (χ0) is 15.4. The summed E-state index contributed by atoms with van der Waals surface area (Å²) in [5, 5.41) is 10.5. The van der Waals surface area contributed by atoms with Gasteiger partial charge in [0.25, 0.3) is 0 Å². The zero-order valence-electron chi connectivity index (χ0n) is 11.2. The standard InChI is InChI=1S/C15H12FNO4/c1-10(18)12-4-2-3-5-15(12)21-9-11-6-7-14(17(19)20)13(16)8-11/h2-8H,9H2,1H3. The fourth-order valence-electron chi connectivity index (χ4n) is 1.83. The number of ether oxygens (including phenoxy) is 1. The Morgan fingerprint density at radius 1 is 1.29 bits per heavy atom. The summed E-state index contributed by atoms with van der Waals surface area (Å²) < 4.78 is 19.0. The quantitative estimate of drug-likeness (QED) is 0.480. The minimum atomic E-state index is -0.916. The molecule has 2 aromatic carbocycles. The Labute approximate surface area is 120 Å². The molecule has 0 amide bonds. The van der Waals surface area contributed by atoms with Gasteiger partial charge in [-0.1, -0.05) is 12.1 Å². The smallest absolute Gasteiger partial charge is 0.304 e. The van der Waals surface area contributed by atoms with Crippen LogP contribution in [0, 0.1) is 15.9 Å². The predicted octanol–water partition coefficient (Wildman–Crippen LogP) is 3.52. The van der Waals surface area contributed by atoms with Crippen molar-refractivity contribution in [3.8, 4) is 5.75 Å². The van der Waals surface area contributed by atoms with Gasteiger partial charge in [-0.25, -0.2) is 0 Å². The van der Waals surface area contributed by atoms with Gasteiger partial charge in [-0.2, -0.15) is 4.39 Å². The van der Waals surface area contributed by atoms with Crippen molar-refractivity contribution in [3.63, 3.8) is 0 Å². The first kappa shape index (κ1) is 14.6. The van der Waals surface area contributed by atoms with E-state index in [2.05, 4.69) is 0 Å². The van der Waals surface area contributed by atoms with Crippen molar-refractivity contribution in [2.24, 2.45) is 0 Å². The molecule has 2 aromatic rings. The van der Waals surface area contributed by atoms with Crippen molar-refractivity contribution in [1.29, 1.82) is 0 Å². The third-order valence-corrected chi connectivity index (χ3v) is 2.87. The molecular weight excluding hydrogens is 277 g/mol. The van der Waals surface area contributed by atoms with Gasteiger partial charge in [0.1, 0.15) is 12.4 Å². The van der Waals surface area contributed by atoms with Crippen molar-refractivity contribution in [2.75, 3.05) is 0 Å². The van der Waals surface area contributed by atoms with Crippen molar-refractivity contribution in [2.45, 2.75) is 13.5 Å². The third kappa shape index (κ3) is 3.42. The molecule has 0 heterocycles. The average molecular weight is 289 g/mol. The monoisotopic (exact) mass is 289 g/mol. The first-order chi connectivity index (χ1) is 9.99. The molecule has 0 aliphatic heterocycles. The van der Waals surface area contributed by atoms with Crippen molar-refractivity contribution in [3.05, 3.63) is 69.5 Å². The number of ketones is 1. The number of Topliss-reactive ketones (excluding diaryl/α,β-unsaturated/α-hetero) is 1. The summed E-state index contributed by atoms with van der Waals surface area (Å²) in [6, 6.07) is 10.3. The molecule has 0 spiro atoms. The van der Waals surface area contributed by atoms with E-state index in [0.717, 1.165) is 12.1 Å².